The van der Waals surface area contributed by atoms with Gasteiger partial charge in [0.15, 0.2) is 24.0 Å². The molecule has 0 fully saturated rings. The summed E-state index contributed by atoms with van der Waals surface area (Å²) < 4.78 is 13.5. The quantitative estimate of drug-likeness (QED) is 0.184. The molecule has 8 rings (SSSR count). The van der Waals surface area contributed by atoms with Crippen LogP contribution in [-0.2, 0) is 26.0 Å². The average Bonchev–Trinajstić information content (AvgIpc) is 3.78. The zero-order chi connectivity index (χ0) is 34.9. The van der Waals surface area contributed by atoms with Gasteiger partial charge < -0.3 is 34.3 Å². The van der Waals surface area contributed by atoms with E-state index in [9.17, 15) is 0 Å². The van der Waals surface area contributed by atoms with Crippen molar-refractivity contribution in [2.24, 2.45) is 9.98 Å². The molecule has 0 bridgehead atoms. The Morgan fingerprint density at radius 3 is 1.09 bits per heavy atom. The first-order valence-electron chi connectivity index (χ1n) is 17.8. The van der Waals surface area contributed by atoms with Crippen LogP contribution in [0.15, 0.2) is 156 Å². The Kier molecular flexibility index (Phi) is 13.2. The Morgan fingerprint density at radius 1 is 0.407 bits per heavy atom. The third-order valence-electron chi connectivity index (χ3n) is 10.0. The van der Waals surface area contributed by atoms with E-state index >= 15 is 0 Å². The van der Waals surface area contributed by atoms with Gasteiger partial charge in [-0.1, -0.05) is 156 Å². The number of rotatable bonds is 8. The molecule has 2 unspecified atom stereocenters. The monoisotopic (exact) mass is 794 g/mol. The van der Waals surface area contributed by atoms with Gasteiger partial charge in [-0.25, -0.2) is 9.98 Å². The van der Waals surface area contributed by atoms with Gasteiger partial charge in [-0.3, -0.25) is 0 Å². The average molecular weight is 796 g/mol. The van der Waals surface area contributed by atoms with Gasteiger partial charge in [0.2, 0.25) is 0 Å². The van der Waals surface area contributed by atoms with Crippen LogP contribution in [0.5, 0.6) is 0 Å². The van der Waals surface area contributed by atoms with Crippen molar-refractivity contribution < 1.29 is 50.8 Å². The van der Waals surface area contributed by atoms with Crippen LogP contribution in [0.1, 0.15) is 75.2 Å². The zero-order valence-electron chi connectivity index (χ0n) is 30.7. The van der Waals surface area contributed by atoms with Gasteiger partial charge >= 0.3 is 16.5 Å². The maximum atomic E-state index is 6.75. The van der Waals surface area contributed by atoms with E-state index in [0.29, 0.717) is 18.2 Å². The molecule has 2 aliphatic heterocycles. The van der Waals surface area contributed by atoms with Crippen molar-refractivity contribution in [1.29, 1.82) is 0 Å². The number of nitrogens with zero attached hydrogens (tertiary/aromatic N) is 2. The van der Waals surface area contributed by atoms with E-state index in [1.165, 1.54) is 44.5 Å². The van der Waals surface area contributed by atoms with Crippen LogP contribution in [0.2, 0.25) is 0 Å². The minimum atomic E-state index is -0.259. The minimum absolute atomic E-state index is 0. The van der Waals surface area contributed by atoms with Crippen molar-refractivity contribution in [1.82, 2.24) is 0 Å². The Hall–Kier alpha value is -4.67. The van der Waals surface area contributed by atoms with Crippen LogP contribution in [0.3, 0.4) is 0 Å². The Balaban J connectivity index is 0.00000187. The second kappa shape index (κ2) is 17.6. The molecule has 4 atom stereocenters. The maximum absolute atomic E-state index is 6.75. The van der Waals surface area contributed by atoms with Gasteiger partial charge in [0.25, 0.3) is 0 Å². The topological polar surface area (TPSA) is 43.2 Å². The molecule has 0 spiro atoms. The molecule has 276 valence electrons. The van der Waals surface area contributed by atoms with Gasteiger partial charge in [-0.15, -0.1) is 0 Å². The van der Waals surface area contributed by atoms with Gasteiger partial charge in [0, 0.05) is 0 Å². The molecule has 0 amide bonds. The summed E-state index contributed by atoms with van der Waals surface area (Å²) >= 11 is 0. The summed E-state index contributed by atoms with van der Waals surface area (Å²) in [6.45, 7) is 8.45. The van der Waals surface area contributed by atoms with Crippen LogP contribution >= 0.6 is 0 Å². The second-order valence-electron chi connectivity index (χ2n) is 14.0. The summed E-state index contributed by atoms with van der Waals surface area (Å²) in [7, 11) is 0. The van der Waals surface area contributed by atoms with Crippen molar-refractivity contribution in [2.45, 2.75) is 58.4 Å². The van der Waals surface area contributed by atoms with Crippen LogP contribution in [0.4, 0.5) is 0 Å². The van der Waals surface area contributed by atoms with Crippen molar-refractivity contribution in [2.75, 3.05) is 0 Å². The van der Waals surface area contributed by atoms with Gasteiger partial charge in [-0.2, -0.15) is 0 Å². The van der Waals surface area contributed by atoms with Crippen molar-refractivity contribution in [3.63, 3.8) is 0 Å². The number of ether oxygens (including phenoxy) is 2. The number of hydrogen-bond acceptors (Lipinski definition) is 4. The summed E-state index contributed by atoms with van der Waals surface area (Å²) in [4.78, 5) is 10.5. The predicted octanol–water partition coefficient (Wildman–Crippen LogP) is 5.77. The summed E-state index contributed by atoms with van der Waals surface area (Å²) in [6, 6.07) is 51.5. The molecule has 7 heteroatoms. The molecule has 4 nitrogen and oxygen atoms in total. The molecular formula is C47H42Cl2N2NiO2. The van der Waals surface area contributed by atoms with Crippen molar-refractivity contribution >= 4 is 11.8 Å². The van der Waals surface area contributed by atoms with Crippen molar-refractivity contribution in [3.8, 4) is 22.3 Å². The largest absolute Gasteiger partial charge is 2.00 e. The summed E-state index contributed by atoms with van der Waals surface area (Å²) in [5.74, 6) is 1.28. The minimum Gasteiger partial charge on any atom is -1.00 e. The fourth-order valence-electron chi connectivity index (χ4n) is 7.04. The Morgan fingerprint density at radius 2 is 0.741 bits per heavy atom. The molecule has 0 saturated carbocycles. The first-order chi connectivity index (χ1) is 24.9. The number of benzene rings is 6. The van der Waals surface area contributed by atoms with E-state index in [-0.39, 0.29) is 65.6 Å². The number of halogens is 2. The SMILES string of the molecule is Cc1ccc(-c2cccc([C@H]3N=C(CC4=N[C@H](c5cccc(-c6ccc(C)cc6)c5)C(c5ccc(C)cc5)O4)OC3c3ccc(C)cc3)c2)cc1.[Cl-].[Cl-].[Ni+2]. The van der Waals surface area contributed by atoms with Crippen LogP contribution < -0.4 is 24.8 Å². The molecule has 2 heterocycles. The summed E-state index contributed by atoms with van der Waals surface area (Å²) in [5, 5.41) is 0. The number of aliphatic imine (C=N–C) groups is 2. The van der Waals surface area contributed by atoms with E-state index in [1.54, 1.807) is 0 Å². The van der Waals surface area contributed by atoms with Gasteiger partial charge in [0.1, 0.15) is 12.1 Å². The van der Waals surface area contributed by atoms with Crippen LogP contribution in [-0.4, -0.2) is 11.8 Å². The second-order valence-corrected chi connectivity index (χ2v) is 14.0. The predicted molar refractivity (Wildman–Crippen MR) is 208 cm³/mol. The first-order valence-corrected chi connectivity index (χ1v) is 17.8. The molecule has 6 aromatic rings. The van der Waals surface area contributed by atoms with E-state index < -0.39 is 0 Å². The Bertz CT molecular complexity index is 2070. The molecule has 0 radical (unpaired) electrons. The van der Waals surface area contributed by atoms with Gasteiger partial charge in [-0.05, 0) is 84.3 Å². The fraction of sp³-hybridized carbons (Fsp3) is 0.191. The molecular weight excluding hydrogens is 754 g/mol. The Labute approximate surface area is 341 Å². The third kappa shape index (κ3) is 8.82. The third-order valence-corrected chi connectivity index (χ3v) is 10.0. The molecule has 0 saturated heterocycles. The molecule has 54 heavy (non-hydrogen) atoms. The fourth-order valence-corrected chi connectivity index (χ4v) is 7.04. The van der Waals surface area contributed by atoms with Crippen LogP contribution in [0, 0.1) is 27.7 Å². The standard InChI is InChI=1S/C47H42N2O2.2ClH.Ni/c1-30-11-19-34(20-12-30)38-7-5-9-40(27-38)44-46(36-23-15-32(3)16-24-36)50-42(48-44)29-43-49-45(47(51-43)37-25-17-33(4)18-26-37)41-10-6-8-39(28-41)35-21-13-31(2)14-22-35;;;/h5-28,44-47H,29H2,1-4H3;2*1H;/q;;;+2/p-2/t44-,45-,46?,47?;;;/m1.../s1. The van der Waals surface area contributed by atoms with Gasteiger partial charge in [0.05, 0.1) is 6.42 Å². The molecule has 0 aliphatic carbocycles. The van der Waals surface area contributed by atoms with E-state index in [1.807, 2.05) is 0 Å². The molecule has 6 aromatic carbocycles. The smallest absolute Gasteiger partial charge is 1.00 e. The number of aryl methyl sites for hydroxylation is 4. The normalized spacial score (nSPS) is 18.5. The molecule has 2 aliphatic rings. The zero-order valence-corrected chi connectivity index (χ0v) is 33.2. The van der Waals surface area contributed by atoms with Crippen LogP contribution in [0.25, 0.3) is 22.3 Å². The first kappa shape index (κ1) is 40.5. The summed E-state index contributed by atoms with van der Waals surface area (Å²) in [6.07, 6.45) is -0.135. The van der Waals surface area contributed by atoms with E-state index in [2.05, 4.69) is 173 Å². The maximum Gasteiger partial charge on any atom is 2.00 e. The number of hydrogen-bond donors (Lipinski definition) is 0. The summed E-state index contributed by atoms with van der Waals surface area (Å²) in [5.41, 5.74) is 14.1. The molecule has 0 aromatic heterocycles. The van der Waals surface area contributed by atoms with E-state index in [0.717, 1.165) is 22.3 Å². The van der Waals surface area contributed by atoms with E-state index in [4.69, 9.17) is 19.5 Å². The molecule has 0 N–H and O–H groups in total. The van der Waals surface area contributed by atoms with Crippen molar-refractivity contribution in [3.05, 3.63) is 190 Å².